The van der Waals surface area contributed by atoms with E-state index in [9.17, 15) is 25.9 Å². The topological polar surface area (TPSA) is 141 Å². The molecule has 4 aromatic carbocycles. The summed E-state index contributed by atoms with van der Waals surface area (Å²) in [5, 5.41) is 3.32. The van der Waals surface area contributed by atoms with E-state index in [0.29, 0.717) is 34.5 Å². The maximum atomic E-state index is 12.0. The molecule has 0 saturated carbocycles. The van der Waals surface area contributed by atoms with Crippen LogP contribution in [0.15, 0.2) is 94.7 Å². The van der Waals surface area contributed by atoms with Crippen LogP contribution in [0.3, 0.4) is 0 Å². The number of hydrogen-bond donors (Lipinski definition) is 1. The smallest absolute Gasteiger partial charge is 0.375 e. The Bertz CT molecular complexity index is 2130. The molecule has 210 valence electrons. The molecule has 0 atom stereocenters. The van der Waals surface area contributed by atoms with Crippen molar-refractivity contribution in [1.82, 2.24) is 0 Å². The predicted octanol–water partition coefficient (Wildman–Crippen LogP) is 4.91. The normalized spacial score (nSPS) is 15.2. The quantitative estimate of drug-likeness (QED) is 0.206. The number of rotatable bonds is 7. The lowest BCUT2D eigenvalue weighted by Gasteiger charge is -2.20. The Kier molecular flexibility index (Phi) is 6.57. The zero-order chi connectivity index (χ0) is 28.9. The molecule has 1 aliphatic rings. The van der Waals surface area contributed by atoms with E-state index in [1.54, 1.807) is 30.4 Å². The Morgan fingerprint density at radius 2 is 1.66 bits per heavy atom. The van der Waals surface area contributed by atoms with Crippen molar-refractivity contribution >= 4 is 64.6 Å². The number of anilines is 1. The molecule has 0 radical (unpaired) electrons. The molecule has 2 heterocycles. The molecule has 0 bridgehead atoms. The summed E-state index contributed by atoms with van der Waals surface area (Å²) in [6.45, 7) is 1.85. The third-order valence-electron chi connectivity index (χ3n) is 6.82. The molecule has 10 nitrogen and oxygen atoms in total. The molecular formula is C29H24N2O8S2. The molecule has 0 amide bonds. The monoisotopic (exact) mass is 592 g/mol. The number of aromatic nitrogens is 1. The molecule has 0 aliphatic carbocycles. The van der Waals surface area contributed by atoms with Gasteiger partial charge in [0.1, 0.15) is 16.0 Å². The van der Waals surface area contributed by atoms with E-state index in [0.717, 1.165) is 21.5 Å². The van der Waals surface area contributed by atoms with Crippen LogP contribution in [-0.4, -0.2) is 31.8 Å². The van der Waals surface area contributed by atoms with Gasteiger partial charge in [-0.15, -0.1) is 4.57 Å². The van der Waals surface area contributed by atoms with Gasteiger partial charge >= 0.3 is 16.0 Å². The predicted molar refractivity (Wildman–Crippen MR) is 153 cm³/mol. The minimum Gasteiger partial charge on any atom is -0.747 e. The van der Waals surface area contributed by atoms with Gasteiger partial charge in [-0.2, -0.15) is 8.42 Å². The summed E-state index contributed by atoms with van der Waals surface area (Å²) in [5.74, 6) is -0.938. The van der Waals surface area contributed by atoms with Gasteiger partial charge in [-0.1, -0.05) is 55.5 Å². The minimum atomic E-state index is -4.68. The fraction of sp³-hybridized carbons (Fsp3) is 0.138. The van der Waals surface area contributed by atoms with Crippen molar-refractivity contribution in [2.75, 3.05) is 10.8 Å². The summed E-state index contributed by atoms with van der Waals surface area (Å²) >= 11 is 0. The lowest BCUT2D eigenvalue weighted by molar-refractivity contribution is -0.658. The van der Waals surface area contributed by atoms with Crippen molar-refractivity contribution in [2.24, 2.45) is 0 Å². The Morgan fingerprint density at radius 3 is 2.34 bits per heavy atom. The first kappa shape index (κ1) is 27.0. The largest absolute Gasteiger partial charge is 0.747 e. The van der Waals surface area contributed by atoms with Gasteiger partial charge < -0.3 is 13.7 Å². The minimum absolute atomic E-state index is 0.116. The maximum absolute atomic E-state index is 12.0. The van der Waals surface area contributed by atoms with Gasteiger partial charge in [0.25, 0.3) is 11.4 Å². The van der Waals surface area contributed by atoms with Crippen molar-refractivity contribution in [2.45, 2.75) is 19.2 Å². The zero-order valence-corrected chi connectivity index (χ0v) is 23.4. The molecule has 0 unspecified atom stereocenters. The van der Waals surface area contributed by atoms with E-state index in [1.165, 1.54) is 9.47 Å². The maximum Gasteiger partial charge on any atom is 0.375 e. The zero-order valence-electron chi connectivity index (χ0n) is 21.7. The highest BCUT2D eigenvalue weighted by atomic mass is 32.2. The highest BCUT2D eigenvalue weighted by Gasteiger charge is 2.30. The summed E-state index contributed by atoms with van der Waals surface area (Å²) < 4.78 is 82.8. The van der Waals surface area contributed by atoms with Gasteiger partial charge in [0.05, 0.1) is 17.1 Å². The third-order valence-corrected chi connectivity index (χ3v) is 7.98. The van der Waals surface area contributed by atoms with E-state index < -0.39 is 32.0 Å². The molecule has 1 aromatic heterocycles. The van der Waals surface area contributed by atoms with Crippen LogP contribution in [0.2, 0.25) is 0 Å². The Labute approximate surface area is 235 Å². The second kappa shape index (κ2) is 10.00. The fourth-order valence-electron chi connectivity index (χ4n) is 5.02. The number of allylic oxidation sites excluding steroid dienone is 2. The highest BCUT2D eigenvalue weighted by Crippen LogP contribution is 2.42. The van der Waals surface area contributed by atoms with Crippen LogP contribution in [0.5, 0.6) is 5.75 Å². The van der Waals surface area contributed by atoms with Gasteiger partial charge in [-0.05, 0) is 52.4 Å². The number of benzene rings is 4. The van der Waals surface area contributed by atoms with Crippen LogP contribution >= 0.6 is 0 Å². The number of fused-ring (bicyclic) bond motifs is 5. The third kappa shape index (κ3) is 5.42. The molecule has 5 aromatic rings. The van der Waals surface area contributed by atoms with Crippen molar-refractivity contribution in [3.8, 4) is 5.75 Å². The van der Waals surface area contributed by atoms with Crippen LogP contribution in [-0.2, 0) is 26.1 Å². The lowest BCUT2D eigenvalue weighted by atomic mass is 10.1. The standard InChI is InChI=1S/C29H24N2O8S2/c1-2-19(13-27-30(17-40(32,33)34)24-15-21-8-3-4-9-22(21)16-26(24)39-27)14-28-31(18-41(35,36)37)29-23-10-6-5-7-20(23)11-12-25(29)38-28/h3-16H,2,17-18H2,1H3,(H-,32,33,34,35,36,37). The molecule has 1 aliphatic heterocycles. The summed E-state index contributed by atoms with van der Waals surface area (Å²) in [7, 11) is -9.14. The van der Waals surface area contributed by atoms with E-state index in [4.69, 9.17) is 9.15 Å². The molecule has 1 N–H and O–H groups in total. The molecular weight excluding hydrogens is 568 g/mol. The fourth-order valence-corrected chi connectivity index (χ4v) is 6.19. The van der Waals surface area contributed by atoms with Gasteiger partial charge in [-0.3, -0.25) is 9.45 Å². The van der Waals surface area contributed by atoms with Crippen LogP contribution in [0.1, 0.15) is 19.2 Å². The average Bonchev–Trinajstić information content (AvgIpc) is 3.41. The van der Waals surface area contributed by atoms with E-state index in [1.807, 2.05) is 61.5 Å². The van der Waals surface area contributed by atoms with Crippen LogP contribution in [0.25, 0.3) is 38.7 Å². The Balaban J connectivity index is 1.50. The van der Waals surface area contributed by atoms with Gasteiger partial charge in [0, 0.05) is 6.08 Å². The molecule has 6 rings (SSSR count). The van der Waals surface area contributed by atoms with Crippen LogP contribution < -0.4 is 14.2 Å². The lowest BCUT2D eigenvalue weighted by Crippen LogP contribution is -2.39. The average molecular weight is 593 g/mol. The van der Waals surface area contributed by atoms with E-state index >= 15 is 0 Å². The summed E-state index contributed by atoms with van der Waals surface area (Å²) in [6, 6.07) is 22.0. The molecule has 0 fully saturated rings. The van der Waals surface area contributed by atoms with E-state index in [2.05, 4.69) is 0 Å². The second-order valence-electron chi connectivity index (χ2n) is 9.65. The molecule has 0 saturated heterocycles. The Morgan fingerprint density at radius 1 is 0.976 bits per heavy atom. The Hall–Kier alpha value is -4.23. The summed E-state index contributed by atoms with van der Waals surface area (Å²) in [6.07, 6.45) is 3.59. The summed E-state index contributed by atoms with van der Waals surface area (Å²) in [5.41, 5.74) is 1.92. The van der Waals surface area contributed by atoms with Crippen molar-refractivity contribution in [3.05, 3.63) is 96.2 Å². The number of ether oxygens (including phenoxy) is 1. The molecule has 0 spiro atoms. The number of hydrogen-bond acceptors (Lipinski definition) is 8. The van der Waals surface area contributed by atoms with Crippen molar-refractivity contribution < 1.29 is 39.7 Å². The molecule has 41 heavy (non-hydrogen) atoms. The first-order chi connectivity index (χ1) is 19.5. The van der Waals surface area contributed by atoms with Gasteiger partial charge in [-0.25, -0.2) is 8.42 Å². The van der Waals surface area contributed by atoms with Crippen molar-refractivity contribution in [1.29, 1.82) is 0 Å². The number of oxazole rings is 1. The SMILES string of the molecule is CCC(=Cc1oc2ccc3ccccc3c2[n+]1CS(=O)(=O)O)C=C1Oc2cc3ccccc3cc2N1CS(=O)(=O)[O-]. The summed E-state index contributed by atoms with van der Waals surface area (Å²) in [4.78, 5) is 1.30. The van der Waals surface area contributed by atoms with Crippen LogP contribution in [0, 0.1) is 0 Å². The second-order valence-corrected chi connectivity index (χ2v) is 12.4. The van der Waals surface area contributed by atoms with Gasteiger partial charge in [0.15, 0.2) is 5.75 Å². The van der Waals surface area contributed by atoms with E-state index in [-0.39, 0.29) is 11.8 Å². The first-order valence-electron chi connectivity index (χ1n) is 12.6. The molecule has 12 heteroatoms. The van der Waals surface area contributed by atoms with Crippen LogP contribution in [0.4, 0.5) is 5.69 Å². The highest BCUT2D eigenvalue weighted by molar-refractivity contribution is 7.85. The van der Waals surface area contributed by atoms with Gasteiger partial charge in [0.2, 0.25) is 11.5 Å². The first-order valence-corrected chi connectivity index (χ1v) is 15.8. The van der Waals surface area contributed by atoms with Crippen molar-refractivity contribution in [3.63, 3.8) is 0 Å². The number of nitrogens with zero attached hydrogens (tertiary/aromatic N) is 2.